The first-order valence-electron chi connectivity index (χ1n) is 12.8. The van der Waals surface area contributed by atoms with Crippen LogP contribution in [0.1, 0.15) is 62.1 Å². The fraction of sp³-hybridized carbons (Fsp3) is 0.552. The number of benzene rings is 2. The lowest BCUT2D eigenvalue weighted by atomic mass is 9.87. The number of fused-ring (bicyclic) bond motifs is 2. The summed E-state index contributed by atoms with van der Waals surface area (Å²) in [5.41, 5.74) is 2.65. The lowest BCUT2D eigenvalue weighted by Crippen LogP contribution is -2.30. The molecule has 0 spiro atoms. The second kappa shape index (κ2) is 19.2. The third-order valence-corrected chi connectivity index (χ3v) is 6.18. The Balaban J connectivity index is 0.00000154. The molecule has 202 valence electrons. The zero-order chi connectivity index (χ0) is 26.9. The minimum atomic E-state index is -0.840. The molecule has 0 aromatic heterocycles. The van der Waals surface area contributed by atoms with Gasteiger partial charge in [-0.05, 0) is 99.4 Å². The Kier molecular flexibility index (Phi) is 17.7. The van der Waals surface area contributed by atoms with Gasteiger partial charge in [-0.2, -0.15) is 0 Å². The summed E-state index contributed by atoms with van der Waals surface area (Å²) in [5.74, 6) is -0.193. The van der Waals surface area contributed by atoms with Crippen molar-refractivity contribution in [1.82, 2.24) is 9.80 Å². The molecule has 1 atom stereocenters. The van der Waals surface area contributed by atoms with Crippen LogP contribution in [0.2, 0.25) is 0 Å². The van der Waals surface area contributed by atoms with E-state index in [-0.39, 0.29) is 0 Å². The molecule has 1 heterocycles. The first-order chi connectivity index (χ1) is 17.5. The molecule has 3 rings (SSSR count). The van der Waals surface area contributed by atoms with Crippen LogP contribution >= 0.6 is 45.2 Å². The monoisotopic (exact) mass is 722 g/mol. The van der Waals surface area contributed by atoms with Crippen molar-refractivity contribution in [3.05, 3.63) is 59.2 Å². The summed E-state index contributed by atoms with van der Waals surface area (Å²) in [4.78, 5) is 20.9. The predicted octanol–water partition coefficient (Wildman–Crippen LogP) is 7.49. The maximum absolute atomic E-state index is 11.9. The highest BCUT2D eigenvalue weighted by Crippen LogP contribution is 2.44. The number of para-hydroxylation sites is 1. The van der Waals surface area contributed by atoms with Crippen molar-refractivity contribution in [2.45, 2.75) is 51.9 Å². The van der Waals surface area contributed by atoms with Gasteiger partial charge in [-0.3, -0.25) is 4.79 Å². The first kappa shape index (κ1) is 33.1. The third kappa shape index (κ3) is 10.5. The van der Waals surface area contributed by atoms with Crippen molar-refractivity contribution in [3.63, 3.8) is 0 Å². The molecule has 7 heteroatoms. The van der Waals surface area contributed by atoms with Crippen LogP contribution in [0.5, 0.6) is 11.5 Å². The number of carboxylic acids is 1. The Bertz CT molecular complexity index is 889. The fourth-order valence-electron chi connectivity index (χ4n) is 4.62. The van der Waals surface area contributed by atoms with E-state index in [4.69, 9.17) is 4.74 Å². The van der Waals surface area contributed by atoms with Gasteiger partial charge in [0, 0.05) is 11.1 Å². The van der Waals surface area contributed by atoms with Crippen molar-refractivity contribution in [3.8, 4) is 11.5 Å². The average molecular weight is 722 g/mol. The molecule has 0 fully saturated rings. The van der Waals surface area contributed by atoms with Gasteiger partial charge in [-0.25, -0.2) is 0 Å². The van der Waals surface area contributed by atoms with Crippen LogP contribution in [-0.2, 0) is 11.2 Å². The Morgan fingerprint density at radius 1 is 0.861 bits per heavy atom. The van der Waals surface area contributed by atoms with Crippen molar-refractivity contribution in [2.24, 2.45) is 0 Å². The van der Waals surface area contributed by atoms with Crippen LogP contribution in [0, 0.1) is 0 Å². The summed E-state index contributed by atoms with van der Waals surface area (Å²) in [5, 5.41) is 9.80. The van der Waals surface area contributed by atoms with Gasteiger partial charge in [0.25, 0.3) is 0 Å². The van der Waals surface area contributed by atoms with E-state index < -0.39 is 11.9 Å². The molecule has 0 saturated heterocycles. The predicted molar refractivity (Wildman–Crippen MR) is 170 cm³/mol. The molecule has 5 nitrogen and oxygen atoms in total. The molecule has 1 unspecified atom stereocenters. The molecule has 1 aliphatic heterocycles. The van der Waals surface area contributed by atoms with E-state index >= 15 is 0 Å². The van der Waals surface area contributed by atoms with Crippen molar-refractivity contribution >= 4 is 51.2 Å². The molecule has 2 aromatic carbocycles. The minimum absolute atomic E-state index is 0.643. The highest BCUT2D eigenvalue weighted by atomic mass is 127. The Hall–Kier alpha value is -0.910. The standard InChI is InChI=1S/C27H38N2O3.2CH3I/c1-4-15-29(16-5-2)19-9-18-28(3)17-8-10-21-13-14-23-25(20-21)32-24-12-7-6-11-22(24)26(23)27(30)31;2*1-2/h6-7,11-14,20,26H,4-5,8-10,15-19H2,1-3H3,(H,30,31);2*1H3. The lowest BCUT2D eigenvalue weighted by Gasteiger charge is -2.26. The molecular weight excluding hydrogens is 678 g/mol. The van der Waals surface area contributed by atoms with Gasteiger partial charge in [0.05, 0.1) is 0 Å². The van der Waals surface area contributed by atoms with Crippen molar-refractivity contribution < 1.29 is 14.6 Å². The molecule has 0 bridgehead atoms. The summed E-state index contributed by atoms with van der Waals surface area (Å²) in [6.07, 6.45) is 5.68. The molecule has 0 aliphatic carbocycles. The Morgan fingerprint density at radius 3 is 2.11 bits per heavy atom. The maximum Gasteiger partial charge on any atom is 0.315 e. The van der Waals surface area contributed by atoms with E-state index in [1.54, 1.807) is 0 Å². The fourth-order valence-corrected chi connectivity index (χ4v) is 4.62. The number of alkyl halides is 2. The zero-order valence-corrected chi connectivity index (χ0v) is 26.9. The van der Waals surface area contributed by atoms with E-state index in [1.807, 2.05) is 46.3 Å². The lowest BCUT2D eigenvalue weighted by molar-refractivity contribution is -0.137. The summed E-state index contributed by atoms with van der Waals surface area (Å²) < 4.78 is 6.06. The quantitative estimate of drug-likeness (QED) is 0.172. The van der Waals surface area contributed by atoms with Gasteiger partial charge in [-0.1, -0.05) is 89.4 Å². The van der Waals surface area contributed by atoms with E-state index in [9.17, 15) is 9.90 Å². The molecule has 2 aromatic rings. The van der Waals surface area contributed by atoms with Crippen molar-refractivity contribution in [1.29, 1.82) is 0 Å². The number of hydrogen-bond acceptors (Lipinski definition) is 4. The number of hydrogen-bond donors (Lipinski definition) is 1. The third-order valence-electron chi connectivity index (χ3n) is 6.18. The Labute approximate surface area is 246 Å². The van der Waals surface area contributed by atoms with Crippen LogP contribution in [0.3, 0.4) is 0 Å². The number of aryl methyl sites for hydroxylation is 1. The van der Waals surface area contributed by atoms with Crippen LogP contribution in [0.4, 0.5) is 0 Å². The molecular formula is C29H44I2N2O3. The second-order valence-electron chi connectivity index (χ2n) is 8.89. The largest absolute Gasteiger partial charge is 0.481 e. The number of rotatable bonds is 13. The minimum Gasteiger partial charge on any atom is -0.481 e. The molecule has 1 aliphatic rings. The normalized spacial score (nSPS) is 13.5. The smallest absolute Gasteiger partial charge is 0.315 e. The molecule has 0 radical (unpaired) electrons. The summed E-state index contributed by atoms with van der Waals surface area (Å²) in [6.45, 7) is 10.3. The van der Waals surface area contributed by atoms with E-state index in [0.29, 0.717) is 11.5 Å². The van der Waals surface area contributed by atoms with Crippen LogP contribution in [0.15, 0.2) is 42.5 Å². The molecule has 36 heavy (non-hydrogen) atoms. The van der Waals surface area contributed by atoms with Crippen LogP contribution < -0.4 is 4.74 Å². The van der Waals surface area contributed by atoms with E-state index in [0.717, 1.165) is 37.1 Å². The van der Waals surface area contributed by atoms with Gasteiger partial charge in [0.15, 0.2) is 0 Å². The van der Waals surface area contributed by atoms with E-state index in [1.165, 1.54) is 44.5 Å². The second-order valence-corrected chi connectivity index (χ2v) is 8.89. The SMILES string of the molecule is CCCN(CCC)CCCN(C)CCCc1ccc2c(c1)Oc1ccccc1C2C(=O)O.CI.CI. The van der Waals surface area contributed by atoms with E-state index in [2.05, 4.69) is 81.9 Å². The van der Waals surface area contributed by atoms with Gasteiger partial charge >= 0.3 is 5.97 Å². The number of aliphatic carboxylic acids is 1. The number of ether oxygens (including phenoxy) is 1. The van der Waals surface area contributed by atoms with Gasteiger partial charge in [0.1, 0.15) is 17.4 Å². The topological polar surface area (TPSA) is 53.0 Å². The van der Waals surface area contributed by atoms with Crippen LogP contribution in [0.25, 0.3) is 0 Å². The summed E-state index contributed by atoms with van der Waals surface area (Å²) >= 11 is 4.30. The highest BCUT2D eigenvalue weighted by Gasteiger charge is 2.32. The number of carboxylic acid groups (broad SMARTS) is 1. The number of carbonyl (C=O) groups is 1. The summed E-state index contributed by atoms with van der Waals surface area (Å²) in [6, 6.07) is 13.4. The van der Waals surface area contributed by atoms with Crippen LogP contribution in [-0.4, -0.2) is 70.5 Å². The molecule has 0 saturated carbocycles. The Morgan fingerprint density at radius 2 is 1.47 bits per heavy atom. The molecule has 0 amide bonds. The zero-order valence-electron chi connectivity index (χ0n) is 22.6. The van der Waals surface area contributed by atoms with Crippen molar-refractivity contribution in [2.75, 3.05) is 49.6 Å². The maximum atomic E-state index is 11.9. The average Bonchev–Trinajstić information content (AvgIpc) is 2.89. The first-order valence-corrected chi connectivity index (χ1v) is 17.1. The molecule has 1 N–H and O–H groups in total. The van der Waals surface area contributed by atoms with Gasteiger partial charge < -0.3 is 19.6 Å². The van der Waals surface area contributed by atoms with Gasteiger partial charge in [-0.15, -0.1) is 0 Å². The summed E-state index contributed by atoms with van der Waals surface area (Å²) in [7, 11) is 2.20. The van der Waals surface area contributed by atoms with Gasteiger partial charge in [0.2, 0.25) is 0 Å². The highest BCUT2D eigenvalue weighted by molar-refractivity contribution is 14.1. The number of halogens is 2. The number of nitrogens with zero attached hydrogens (tertiary/aromatic N) is 2.